The third-order valence-corrected chi connectivity index (χ3v) is 8.08. The molecule has 230 valence electrons. The summed E-state index contributed by atoms with van der Waals surface area (Å²) in [5.74, 6) is -1.81. The van der Waals surface area contributed by atoms with E-state index in [0.29, 0.717) is 44.7 Å². The summed E-state index contributed by atoms with van der Waals surface area (Å²) >= 11 is 6.16. The van der Waals surface area contributed by atoms with Crippen LogP contribution in [0.1, 0.15) is 37.9 Å². The Balaban J connectivity index is 1.43. The number of nitrogens with one attached hydrogen (secondary N) is 1. The van der Waals surface area contributed by atoms with Crippen LogP contribution in [0.5, 0.6) is 11.6 Å². The average Bonchev–Trinajstić information content (AvgIpc) is 3.35. The Morgan fingerprint density at radius 3 is 2.60 bits per heavy atom. The highest BCUT2D eigenvalue weighted by molar-refractivity contribution is 6.30. The van der Waals surface area contributed by atoms with E-state index in [4.69, 9.17) is 26.8 Å². The molecule has 1 aromatic heterocycles. The molecule has 3 aromatic rings. The number of nitrogens with zero attached hydrogens (tertiary/aromatic N) is 3. The number of benzene rings is 2. The van der Waals surface area contributed by atoms with Crippen molar-refractivity contribution in [3.05, 3.63) is 58.9 Å². The maximum Gasteiger partial charge on any atom is 0.429 e. The Labute approximate surface area is 250 Å². The van der Waals surface area contributed by atoms with Crippen LogP contribution in [0.2, 0.25) is 5.02 Å². The molecule has 14 heteroatoms. The van der Waals surface area contributed by atoms with Gasteiger partial charge in [0, 0.05) is 42.4 Å². The predicted octanol–water partition coefficient (Wildman–Crippen LogP) is 5.63. The van der Waals surface area contributed by atoms with Crippen LogP contribution >= 0.6 is 11.6 Å². The van der Waals surface area contributed by atoms with Gasteiger partial charge < -0.3 is 30.5 Å². The van der Waals surface area contributed by atoms with Gasteiger partial charge in [-0.25, -0.2) is 4.39 Å². The molecule has 0 aliphatic carbocycles. The fraction of sp³-hybridized carbons (Fsp3) is 0.414. The third-order valence-electron chi connectivity index (χ3n) is 7.84. The van der Waals surface area contributed by atoms with Crippen LogP contribution in [0.3, 0.4) is 0 Å². The fourth-order valence-corrected chi connectivity index (χ4v) is 5.91. The summed E-state index contributed by atoms with van der Waals surface area (Å²) in [4.78, 5) is 21.4. The molecule has 2 atom stereocenters. The number of carbonyl (C=O) groups is 1. The lowest BCUT2D eigenvalue weighted by Gasteiger charge is -2.39. The number of anilines is 2. The predicted molar refractivity (Wildman–Crippen MR) is 152 cm³/mol. The molecule has 0 radical (unpaired) electrons. The maximum atomic E-state index is 14.6. The number of nitrogen functional groups attached to an aromatic ring is 1. The van der Waals surface area contributed by atoms with Gasteiger partial charge in [0.2, 0.25) is 17.9 Å². The van der Waals surface area contributed by atoms with Crippen LogP contribution in [0.4, 0.5) is 29.3 Å². The minimum Gasteiger partial charge on any atom is -0.494 e. The largest absolute Gasteiger partial charge is 0.494 e. The molecule has 2 aliphatic rings. The molecule has 5 rings (SSSR count). The standard InChI is InChI=1S/C29H30ClF4N5O4/c1-2-42-19-10-16(9-18(31)12-19)21-11-17(30)3-4-20(21)25(29(32,33)34)43-24-13-23(37-27(35)38-24)39-7-5-28(6-8-39)14-22(26(40)41)36-15-28/h3-4,9-13,22,25,36H,2,5-8,14-15H2,1H3,(H,40,41)(H2,35,37,38)/t22?,25-/m1/s1. The first-order valence-electron chi connectivity index (χ1n) is 13.7. The first-order chi connectivity index (χ1) is 20.4. The Bertz CT molecular complexity index is 1500. The van der Waals surface area contributed by atoms with Gasteiger partial charge in [0.05, 0.1) is 6.61 Å². The molecule has 2 aliphatic heterocycles. The number of aliphatic carboxylic acids is 1. The highest BCUT2D eigenvalue weighted by atomic mass is 35.5. The van der Waals surface area contributed by atoms with E-state index >= 15 is 0 Å². The molecule has 2 saturated heterocycles. The number of halogens is 5. The topological polar surface area (TPSA) is 123 Å². The quantitative estimate of drug-likeness (QED) is 0.274. The Morgan fingerprint density at radius 2 is 1.95 bits per heavy atom. The van der Waals surface area contributed by atoms with Gasteiger partial charge in [-0.05, 0) is 67.0 Å². The minimum absolute atomic E-state index is 0.00342. The summed E-state index contributed by atoms with van der Waals surface area (Å²) in [7, 11) is 0. The van der Waals surface area contributed by atoms with Crippen molar-refractivity contribution in [2.75, 3.05) is 36.9 Å². The Kier molecular flexibility index (Phi) is 8.57. The van der Waals surface area contributed by atoms with Crippen molar-refractivity contribution in [2.45, 2.75) is 44.5 Å². The second kappa shape index (κ2) is 12.0. The van der Waals surface area contributed by atoms with Crippen molar-refractivity contribution in [1.29, 1.82) is 0 Å². The first kappa shape index (κ1) is 30.6. The van der Waals surface area contributed by atoms with E-state index in [9.17, 15) is 27.5 Å². The molecule has 2 fully saturated rings. The summed E-state index contributed by atoms with van der Waals surface area (Å²) in [6, 6.07) is 8.13. The number of piperidine rings is 1. The lowest BCUT2D eigenvalue weighted by atomic mass is 9.76. The van der Waals surface area contributed by atoms with Gasteiger partial charge in [-0.3, -0.25) is 4.79 Å². The number of hydrogen-bond acceptors (Lipinski definition) is 8. The Morgan fingerprint density at radius 1 is 1.21 bits per heavy atom. The van der Waals surface area contributed by atoms with Crippen LogP contribution < -0.4 is 25.4 Å². The molecule has 9 nitrogen and oxygen atoms in total. The van der Waals surface area contributed by atoms with Gasteiger partial charge in [-0.2, -0.15) is 23.1 Å². The number of aromatic nitrogens is 2. The van der Waals surface area contributed by atoms with Crippen LogP contribution in [-0.4, -0.2) is 59.5 Å². The van der Waals surface area contributed by atoms with E-state index in [2.05, 4.69) is 15.3 Å². The highest BCUT2D eigenvalue weighted by Crippen LogP contribution is 2.44. The summed E-state index contributed by atoms with van der Waals surface area (Å²) in [6.45, 7) is 3.50. The number of hydrogen-bond donors (Lipinski definition) is 3. The van der Waals surface area contributed by atoms with E-state index in [0.717, 1.165) is 12.1 Å². The second-order valence-electron chi connectivity index (χ2n) is 10.8. The molecule has 1 unspecified atom stereocenters. The van der Waals surface area contributed by atoms with Crippen LogP contribution in [0.25, 0.3) is 11.1 Å². The maximum absolute atomic E-state index is 14.6. The van der Waals surface area contributed by atoms with Crippen molar-refractivity contribution in [1.82, 2.24) is 15.3 Å². The molecule has 0 saturated carbocycles. The number of carboxylic acids is 1. The summed E-state index contributed by atoms with van der Waals surface area (Å²) < 4.78 is 69.1. The zero-order valence-electron chi connectivity index (χ0n) is 23.1. The molecule has 1 spiro atoms. The summed E-state index contributed by atoms with van der Waals surface area (Å²) in [6.07, 6.45) is -5.58. The summed E-state index contributed by atoms with van der Waals surface area (Å²) in [5, 5.41) is 12.5. The smallest absolute Gasteiger partial charge is 0.429 e. The lowest BCUT2D eigenvalue weighted by Crippen LogP contribution is -2.41. The van der Waals surface area contributed by atoms with Crippen molar-refractivity contribution < 1.29 is 36.9 Å². The number of rotatable bonds is 8. The minimum atomic E-state index is -4.91. The molecule has 0 amide bonds. The fourth-order valence-electron chi connectivity index (χ4n) is 5.74. The van der Waals surface area contributed by atoms with E-state index in [-0.39, 0.29) is 45.4 Å². The van der Waals surface area contributed by atoms with E-state index in [1.807, 2.05) is 4.90 Å². The van der Waals surface area contributed by atoms with E-state index < -0.39 is 36.0 Å². The zero-order chi connectivity index (χ0) is 30.9. The van der Waals surface area contributed by atoms with E-state index in [1.54, 1.807) is 6.92 Å². The molecule has 0 bridgehead atoms. The van der Waals surface area contributed by atoms with Gasteiger partial charge >= 0.3 is 12.1 Å². The van der Waals surface area contributed by atoms with Gasteiger partial charge in [0.15, 0.2) is 0 Å². The molecule has 4 N–H and O–H groups in total. The monoisotopic (exact) mass is 623 g/mol. The van der Waals surface area contributed by atoms with Crippen molar-refractivity contribution in [3.8, 4) is 22.8 Å². The third kappa shape index (κ3) is 6.88. The van der Waals surface area contributed by atoms with Crippen molar-refractivity contribution in [3.63, 3.8) is 0 Å². The van der Waals surface area contributed by atoms with Gasteiger partial charge in [-0.1, -0.05) is 17.7 Å². The Hall–Kier alpha value is -3.84. The van der Waals surface area contributed by atoms with Gasteiger partial charge in [0.25, 0.3) is 0 Å². The van der Waals surface area contributed by atoms with Crippen LogP contribution in [0, 0.1) is 11.2 Å². The summed E-state index contributed by atoms with van der Waals surface area (Å²) in [5.41, 5.74) is 5.53. The number of alkyl halides is 3. The van der Waals surface area contributed by atoms with Gasteiger partial charge in [0.1, 0.15) is 23.4 Å². The van der Waals surface area contributed by atoms with E-state index in [1.165, 1.54) is 30.3 Å². The average molecular weight is 624 g/mol. The first-order valence-corrected chi connectivity index (χ1v) is 14.1. The molecular weight excluding hydrogens is 594 g/mol. The number of nitrogens with two attached hydrogens (primary N) is 1. The molecule has 2 aromatic carbocycles. The normalized spacial score (nSPS) is 18.9. The van der Waals surface area contributed by atoms with Gasteiger partial charge in [-0.15, -0.1) is 0 Å². The number of ether oxygens (including phenoxy) is 2. The lowest BCUT2D eigenvalue weighted by molar-refractivity contribution is -0.198. The van der Waals surface area contributed by atoms with Crippen LogP contribution in [0.15, 0.2) is 42.5 Å². The number of carboxylic acid groups (broad SMARTS) is 1. The van der Waals surface area contributed by atoms with Crippen molar-refractivity contribution in [2.24, 2.45) is 5.41 Å². The zero-order valence-corrected chi connectivity index (χ0v) is 23.9. The van der Waals surface area contributed by atoms with Crippen molar-refractivity contribution >= 4 is 29.3 Å². The van der Waals surface area contributed by atoms with Crippen LogP contribution in [-0.2, 0) is 4.79 Å². The molecule has 43 heavy (non-hydrogen) atoms. The molecular formula is C29H30ClF4N5O4. The highest BCUT2D eigenvalue weighted by Gasteiger charge is 2.46. The SMILES string of the molecule is CCOc1cc(F)cc(-c2cc(Cl)ccc2[C@@H](Oc2cc(N3CCC4(CC3)CNC(C(=O)O)C4)nc(N)n2)C(F)(F)F)c1. The molecule has 3 heterocycles. The second-order valence-corrected chi connectivity index (χ2v) is 11.2.